The molecule has 1 aromatic carbocycles. The van der Waals surface area contributed by atoms with Crippen molar-refractivity contribution in [1.29, 1.82) is 0 Å². The minimum Gasteiger partial charge on any atom is -0.484 e. The van der Waals surface area contributed by atoms with Crippen molar-refractivity contribution in [1.82, 2.24) is 19.7 Å². The quantitative estimate of drug-likeness (QED) is 0.421. The molecule has 0 aliphatic carbocycles. The van der Waals surface area contributed by atoms with Crippen LogP contribution in [0.2, 0.25) is 10.0 Å². The molecule has 29 heavy (non-hydrogen) atoms. The average Bonchev–Trinajstić information content (AvgIpc) is 3.09. The molecule has 11 heteroatoms. The standard InChI is InChI=1S/C18H16BrCl2N5O2S/c1-2-26-16(9-28-14-5-4-12(20)7-13(14)21)24-25-18(26)29-10-17(27)23-15-6-3-11(19)8-22-15/h3-8H,2,9-10H2,1H3,(H,22,23,27). The molecule has 152 valence electrons. The van der Waals surface area contributed by atoms with Crippen LogP contribution in [0, 0.1) is 0 Å². The number of pyridine rings is 1. The van der Waals surface area contributed by atoms with E-state index >= 15 is 0 Å². The first-order valence-electron chi connectivity index (χ1n) is 8.50. The van der Waals surface area contributed by atoms with Gasteiger partial charge in [0.1, 0.15) is 18.2 Å². The molecule has 0 spiro atoms. The van der Waals surface area contributed by atoms with E-state index in [1.54, 1.807) is 30.5 Å². The normalized spacial score (nSPS) is 10.8. The largest absolute Gasteiger partial charge is 0.484 e. The van der Waals surface area contributed by atoms with Crippen LogP contribution in [0.1, 0.15) is 12.7 Å². The van der Waals surface area contributed by atoms with E-state index in [4.69, 9.17) is 27.9 Å². The second-order valence-electron chi connectivity index (χ2n) is 5.70. The van der Waals surface area contributed by atoms with Gasteiger partial charge >= 0.3 is 0 Å². The number of rotatable bonds is 8. The number of ether oxygens (including phenoxy) is 1. The predicted octanol–water partition coefficient (Wildman–Crippen LogP) is 5.07. The second-order valence-corrected chi connectivity index (χ2v) is 8.41. The van der Waals surface area contributed by atoms with Gasteiger partial charge in [0.25, 0.3) is 0 Å². The van der Waals surface area contributed by atoms with Gasteiger partial charge in [-0.3, -0.25) is 4.79 Å². The lowest BCUT2D eigenvalue weighted by molar-refractivity contribution is -0.113. The van der Waals surface area contributed by atoms with Crippen molar-refractivity contribution in [3.8, 4) is 5.75 Å². The number of carbonyl (C=O) groups is 1. The highest BCUT2D eigenvalue weighted by atomic mass is 79.9. The molecule has 0 saturated heterocycles. The smallest absolute Gasteiger partial charge is 0.236 e. The molecule has 0 atom stereocenters. The number of halogens is 3. The number of hydrogen-bond donors (Lipinski definition) is 1. The number of nitrogens with zero attached hydrogens (tertiary/aromatic N) is 4. The summed E-state index contributed by atoms with van der Waals surface area (Å²) in [5.74, 6) is 1.64. The van der Waals surface area contributed by atoms with Crippen molar-refractivity contribution in [2.75, 3.05) is 11.1 Å². The molecular weight excluding hydrogens is 501 g/mol. The van der Waals surface area contributed by atoms with Gasteiger partial charge in [0.05, 0.1) is 10.8 Å². The highest BCUT2D eigenvalue weighted by molar-refractivity contribution is 9.10. The molecule has 0 bridgehead atoms. The summed E-state index contributed by atoms with van der Waals surface area (Å²) < 4.78 is 8.46. The number of benzene rings is 1. The van der Waals surface area contributed by atoms with Gasteiger partial charge in [-0.15, -0.1) is 10.2 Å². The van der Waals surface area contributed by atoms with Crippen molar-refractivity contribution in [2.45, 2.75) is 25.2 Å². The van der Waals surface area contributed by atoms with Crippen molar-refractivity contribution in [3.63, 3.8) is 0 Å². The fourth-order valence-electron chi connectivity index (χ4n) is 2.34. The molecule has 2 heterocycles. The maximum atomic E-state index is 12.2. The zero-order valence-electron chi connectivity index (χ0n) is 15.2. The van der Waals surface area contributed by atoms with Crippen LogP contribution < -0.4 is 10.1 Å². The minimum atomic E-state index is -0.179. The zero-order chi connectivity index (χ0) is 20.8. The van der Waals surface area contributed by atoms with Crippen molar-refractivity contribution in [2.24, 2.45) is 0 Å². The van der Waals surface area contributed by atoms with Crippen LogP contribution in [0.3, 0.4) is 0 Å². The van der Waals surface area contributed by atoms with E-state index in [0.717, 1.165) is 4.47 Å². The SMILES string of the molecule is CCn1c(COc2ccc(Cl)cc2Cl)nnc1SCC(=O)Nc1ccc(Br)cn1. The first-order chi connectivity index (χ1) is 14.0. The van der Waals surface area contributed by atoms with E-state index in [0.29, 0.717) is 39.1 Å². The Balaban J connectivity index is 1.58. The number of carbonyl (C=O) groups excluding carboxylic acids is 1. The molecule has 3 aromatic rings. The average molecular weight is 517 g/mol. The first-order valence-corrected chi connectivity index (χ1v) is 11.0. The predicted molar refractivity (Wildman–Crippen MR) is 118 cm³/mol. The molecular formula is C18H16BrCl2N5O2S. The summed E-state index contributed by atoms with van der Waals surface area (Å²) in [6, 6.07) is 8.55. The summed E-state index contributed by atoms with van der Waals surface area (Å²) in [5, 5.41) is 12.7. The molecule has 0 aliphatic heterocycles. The van der Waals surface area contributed by atoms with Crippen molar-refractivity contribution >= 4 is 62.6 Å². The van der Waals surface area contributed by atoms with Crippen molar-refractivity contribution < 1.29 is 9.53 Å². The summed E-state index contributed by atoms with van der Waals surface area (Å²) in [6.45, 7) is 2.80. The van der Waals surface area contributed by atoms with E-state index in [1.807, 2.05) is 17.6 Å². The van der Waals surface area contributed by atoms with Crippen LogP contribution in [0.15, 0.2) is 46.2 Å². The molecule has 0 saturated carbocycles. The lowest BCUT2D eigenvalue weighted by Crippen LogP contribution is -2.15. The van der Waals surface area contributed by atoms with E-state index in [-0.39, 0.29) is 18.3 Å². The minimum absolute atomic E-state index is 0.179. The molecule has 0 fully saturated rings. The Labute approximate surface area is 190 Å². The lowest BCUT2D eigenvalue weighted by Gasteiger charge is -2.10. The van der Waals surface area contributed by atoms with E-state index in [9.17, 15) is 4.79 Å². The van der Waals surface area contributed by atoms with E-state index < -0.39 is 0 Å². The summed E-state index contributed by atoms with van der Waals surface area (Å²) in [5.41, 5.74) is 0. The number of hydrogen-bond acceptors (Lipinski definition) is 6. The van der Waals surface area contributed by atoms with Crippen LogP contribution in [-0.4, -0.2) is 31.4 Å². The fourth-order valence-corrected chi connectivity index (χ4v) is 3.86. The Hall–Kier alpha value is -1.81. The number of aromatic nitrogens is 4. The number of thioether (sulfide) groups is 1. The Morgan fingerprint density at radius 3 is 2.79 bits per heavy atom. The Kier molecular flexibility index (Phi) is 7.77. The van der Waals surface area contributed by atoms with Gasteiger partial charge in [-0.2, -0.15) is 0 Å². The summed E-state index contributed by atoms with van der Waals surface area (Å²) in [6.07, 6.45) is 1.62. The molecule has 1 N–H and O–H groups in total. The number of nitrogens with one attached hydrogen (secondary N) is 1. The molecule has 0 aliphatic rings. The lowest BCUT2D eigenvalue weighted by atomic mass is 10.3. The third-order valence-electron chi connectivity index (χ3n) is 3.69. The van der Waals surface area contributed by atoms with Gasteiger partial charge in [0, 0.05) is 22.2 Å². The second kappa shape index (κ2) is 10.3. The maximum Gasteiger partial charge on any atom is 0.236 e. The van der Waals surface area contributed by atoms with Crippen LogP contribution in [-0.2, 0) is 17.9 Å². The number of amides is 1. The van der Waals surface area contributed by atoms with Crippen LogP contribution in [0.4, 0.5) is 5.82 Å². The van der Waals surface area contributed by atoms with Gasteiger partial charge in [0.2, 0.25) is 5.91 Å². The third kappa shape index (κ3) is 6.08. The van der Waals surface area contributed by atoms with E-state index in [2.05, 4.69) is 36.4 Å². The molecule has 7 nitrogen and oxygen atoms in total. The molecule has 0 unspecified atom stereocenters. The first kappa shape index (κ1) is 21.9. The van der Waals surface area contributed by atoms with Crippen LogP contribution in [0.25, 0.3) is 0 Å². The van der Waals surface area contributed by atoms with Gasteiger partial charge < -0.3 is 14.6 Å². The highest BCUT2D eigenvalue weighted by Crippen LogP contribution is 2.28. The summed E-state index contributed by atoms with van der Waals surface area (Å²) >= 11 is 16.6. The third-order valence-corrected chi connectivity index (χ3v) is 5.65. The highest BCUT2D eigenvalue weighted by Gasteiger charge is 2.14. The summed E-state index contributed by atoms with van der Waals surface area (Å²) in [4.78, 5) is 16.3. The number of anilines is 1. The zero-order valence-corrected chi connectivity index (χ0v) is 19.1. The van der Waals surface area contributed by atoms with E-state index in [1.165, 1.54) is 11.8 Å². The molecule has 0 radical (unpaired) electrons. The van der Waals surface area contributed by atoms with Crippen LogP contribution in [0.5, 0.6) is 5.75 Å². The van der Waals surface area contributed by atoms with Gasteiger partial charge in [-0.1, -0.05) is 35.0 Å². The monoisotopic (exact) mass is 515 g/mol. The van der Waals surface area contributed by atoms with Gasteiger partial charge in [-0.25, -0.2) is 4.98 Å². The fraction of sp³-hybridized carbons (Fsp3) is 0.222. The van der Waals surface area contributed by atoms with Crippen molar-refractivity contribution in [3.05, 3.63) is 56.9 Å². The topological polar surface area (TPSA) is 81.9 Å². The Morgan fingerprint density at radius 2 is 2.10 bits per heavy atom. The Morgan fingerprint density at radius 1 is 1.28 bits per heavy atom. The molecule has 2 aromatic heterocycles. The maximum absolute atomic E-state index is 12.2. The Bertz CT molecular complexity index is 1000. The van der Waals surface area contributed by atoms with Gasteiger partial charge in [-0.05, 0) is 53.2 Å². The molecule has 1 amide bonds. The van der Waals surface area contributed by atoms with Gasteiger partial charge in [0.15, 0.2) is 11.0 Å². The molecule has 3 rings (SSSR count). The van der Waals surface area contributed by atoms with Crippen LogP contribution >= 0.6 is 50.9 Å². The summed E-state index contributed by atoms with van der Waals surface area (Å²) in [7, 11) is 0.